The SMILES string of the molecule is Cc1cccc([C@@H](C)N2C(=O)[C@@H]3CC2CN3C[C@H](N)C(=O)N2CCC[C@H]2C#N)c1. The van der Waals surface area contributed by atoms with Gasteiger partial charge in [0.15, 0.2) is 0 Å². The number of benzene rings is 1. The number of nitrogens with zero attached hydrogens (tertiary/aromatic N) is 4. The molecule has 7 nitrogen and oxygen atoms in total. The summed E-state index contributed by atoms with van der Waals surface area (Å²) in [5, 5.41) is 9.22. The lowest BCUT2D eigenvalue weighted by atomic mass is 10.0. The second kappa shape index (κ2) is 7.77. The average Bonchev–Trinajstić information content (AvgIpc) is 3.41. The minimum Gasteiger partial charge on any atom is -0.330 e. The first-order valence-corrected chi connectivity index (χ1v) is 10.5. The first-order valence-electron chi connectivity index (χ1n) is 10.5. The van der Waals surface area contributed by atoms with Crippen LogP contribution in [0.25, 0.3) is 0 Å². The van der Waals surface area contributed by atoms with E-state index in [4.69, 9.17) is 5.73 Å². The van der Waals surface area contributed by atoms with Crippen LogP contribution in [0.4, 0.5) is 0 Å². The molecule has 3 saturated heterocycles. The van der Waals surface area contributed by atoms with Gasteiger partial charge >= 0.3 is 0 Å². The van der Waals surface area contributed by atoms with Crippen molar-refractivity contribution in [1.82, 2.24) is 14.7 Å². The number of fused-ring (bicyclic) bond motifs is 2. The standard InChI is InChI=1S/C22H29N5O2/c1-14-5-3-6-16(9-14)15(2)27-18-10-20(22(27)29)25(12-18)13-19(24)21(28)26-8-4-7-17(26)11-23/h3,5-6,9,15,17-20H,4,7-8,10,12-13,24H2,1-2H3/t15-,17+,18?,19+,20+/m1/s1. The molecule has 0 aromatic heterocycles. The molecule has 29 heavy (non-hydrogen) atoms. The molecule has 2 amide bonds. The lowest BCUT2D eigenvalue weighted by molar-refractivity contribution is -0.140. The lowest BCUT2D eigenvalue weighted by Gasteiger charge is -2.38. The van der Waals surface area contributed by atoms with Gasteiger partial charge < -0.3 is 15.5 Å². The van der Waals surface area contributed by atoms with Gasteiger partial charge in [-0.15, -0.1) is 0 Å². The quantitative estimate of drug-likeness (QED) is 0.808. The molecule has 1 aromatic rings. The number of amides is 2. The molecule has 3 aliphatic rings. The number of hydrogen-bond acceptors (Lipinski definition) is 5. The Bertz CT molecular complexity index is 850. The Hall–Kier alpha value is -2.43. The predicted molar refractivity (Wildman–Crippen MR) is 109 cm³/mol. The van der Waals surface area contributed by atoms with Crippen molar-refractivity contribution in [3.8, 4) is 6.07 Å². The van der Waals surface area contributed by atoms with Crippen LogP contribution in [0.3, 0.4) is 0 Å². The van der Waals surface area contributed by atoms with E-state index in [9.17, 15) is 14.9 Å². The van der Waals surface area contributed by atoms with Gasteiger partial charge in [0.2, 0.25) is 11.8 Å². The van der Waals surface area contributed by atoms with E-state index in [0.717, 1.165) is 24.9 Å². The summed E-state index contributed by atoms with van der Waals surface area (Å²) in [6.45, 7) is 5.85. The van der Waals surface area contributed by atoms with Crippen molar-refractivity contribution in [2.45, 2.75) is 63.3 Å². The first kappa shape index (κ1) is 19.9. The molecule has 154 valence electrons. The van der Waals surface area contributed by atoms with Gasteiger partial charge in [-0.1, -0.05) is 29.8 Å². The van der Waals surface area contributed by atoms with Crippen LogP contribution in [0, 0.1) is 18.3 Å². The fraction of sp³-hybridized carbons (Fsp3) is 0.591. The van der Waals surface area contributed by atoms with Gasteiger partial charge in [-0.3, -0.25) is 14.5 Å². The third kappa shape index (κ3) is 3.52. The fourth-order valence-corrected chi connectivity index (χ4v) is 5.20. The molecule has 1 unspecified atom stereocenters. The van der Waals surface area contributed by atoms with E-state index in [2.05, 4.69) is 43.0 Å². The summed E-state index contributed by atoms with van der Waals surface area (Å²) in [4.78, 5) is 31.5. The summed E-state index contributed by atoms with van der Waals surface area (Å²) in [7, 11) is 0. The Morgan fingerprint density at radius 3 is 2.90 bits per heavy atom. The summed E-state index contributed by atoms with van der Waals surface area (Å²) >= 11 is 0. The van der Waals surface area contributed by atoms with Crippen molar-refractivity contribution < 1.29 is 9.59 Å². The van der Waals surface area contributed by atoms with E-state index in [1.165, 1.54) is 5.56 Å². The normalized spacial score (nSPS) is 28.6. The van der Waals surface area contributed by atoms with Gasteiger partial charge in [0.1, 0.15) is 6.04 Å². The minimum atomic E-state index is -0.696. The average molecular weight is 396 g/mol. The molecule has 5 atom stereocenters. The Morgan fingerprint density at radius 1 is 1.41 bits per heavy atom. The molecule has 3 aliphatic heterocycles. The van der Waals surface area contributed by atoms with Gasteiger partial charge in [0.25, 0.3) is 0 Å². The number of nitriles is 1. The summed E-state index contributed by atoms with van der Waals surface area (Å²) in [5.41, 5.74) is 8.55. The van der Waals surface area contributed by atoms with Crippen LogP contribution in [0.2, 0.25) is 0 Å². The van der Waals surface area contributed by atoms with E-state index in [1.807, 2.05) is 11.0 Å². The molecule has 3 fully saturated rings. The second-order valence-corrected chi connectivity index (χ2v) is 8.62. The van der Waals surface area contributed by atoms with Crippen molar-refractivity contribution >= 4 is 11.8 Å². The predicted octanol–water partition coefficient (Wildman–Crippen LogP) is 1.18. The second-order valence-electron chi connectivity index (χ2n) is 8.62. The molecular formula is C22H29N5O2. The van der Waals surface area contributed by atoms with Crippen molar-refractivity contribution in [3.63, 3.8) is 0 Å². The van der Waals surface area contributed by atoms with Crippen molar-refractivity contribution in [2.24, 2.45) is 5.73 Å². The maximum atomic E-state index is 13.1. The summed E-state index contributed by atoms with van der Waals surface area (Å²) in [6.07, 6.45) is 2.35. The third-order valence-corrected chi connectivity index (χ3v) is 6.69. The Labute approximate surface area is 172 Å². The highest BCUT2D eigenvalue weighted by Gasteiger charge is 2.51. The molecule has 0 aliphatic carbocycles. The van der Waals surface area contributed by atoms with Crippen LogP contribution >= 0.6 is 0 Å². The molecule has 0 spiro atoms. The number of carbonyl (C=O) groups excluding carboxylic acids is 2. The summed E-state index contributed by atoms with van der Waals surface area (Å²) in [5.74, 6) is -0.0414. The highest BCUT2D eigenvalue weighted by atomic mass is 16.2. The topological polar surface area (TPSA) is 93.7 Å². The van der Waals surface area contributed by atoms with E-state index >= 15 is 0 Å². The van der Waals surface area contributed by atoms with Crippen molar-refractivity contribution in [1.29, 1.82) is 5.26 Å². The number of hydrogen-bond donors (Lipinski definition) is 1. The first-order chi connectivity index (χ1) is 13.9. The molecule has 3 heterocycles. The number of piperazine rings is 1. The number of likely N-dealkylation sites (tertiary alicyclic amines) is 3. The smallest absolute Gasteiger partial charge is 0.241 e. The van der Waals surface area contributed by atoms with Crippen LogP contribution < -0.4 is 5.73 Å². The molecular weight excluding hydrogens is 366 g/mol. The van der Waals surface area contributed by atoms with Gasteiger partial charge in [-0.2, -0.15) is 5.26 Å². The van der Waals surface area contributed by atoms with Gasteiger partial charge in [-0.25, -0.2) is 0 Å². The van der Waals surface area contributed by atoms with Crippen LogP contribution in [0.1, 0.15) is 43.4 Å². The zero-order chi connectivity index (χ0) is 20.7. The molecule has 0 radical (unpaired) electrons. The molecule has 4 rings (SSSR count). The molecule has 2 N–H and O–H groups in total. The zero-order valence-electron chi connectivity index (χ0n) is 17.1. The van der Waals surface area contributed by atoms with Crippen LogP contribution in [0.15, 0.2) is 24.3 Å². The maximum absolute atomic E-state index is 13.1. The van der Waals surface area contributed by atoms with Gasteiger partial charge in [-0.05, 0) is 38.7 Å². The third-order valence-electron chi connectivity index (χ3n) is 6.69. The van der Waals surface area contributed by atoms with E-state index in [0.29, 0.717) is 19.5 Å². The number of nitrogens with two attached hydrogens (primary N) is 1. The Morgan fingerprint density at radius 2 is 2.21 bits per heavy atom. The molecule has 1 aromatic carbocycles. The summed E-state index contributed by atoms with van der Waals surface area (Å²) < 4.78 is 0. The van der Waals surface area contributed by atoms with Crippen molar-refractivity contribution in [3.05, 3.63) is 35.4 Å². The Balaban J connectivity index is 1.40. The van der Waals surface area contributed by atoms with Crippen molar-refractivity contribution in [2.75, 3.05) is 19.6 Å². The number of carbonyl (C=O) groups is 2. The fourth-order valence-electron chi connectivity index (χ4n) is 5.20. The Kier molecular flexibility index (Phi) is 5.32. The number of aryl methyl sites for hydroxylation is 1. The minimum absolute atomic E-state index is 0.0378. The molecule has 0 saturated carbocycles. The van der Waals surface area contributed by atoms with Gasteiger partial charge in [0.05, 0.1) is 24.2 Å². The van der Waals surface area contributed by atoms with E-state index in [1.54, 1.807) is 4.90 Å². The van der Waals surface area contributed by atoms with Crippen LogP contribution in [-0.2, 0) is 9.59 Å². The molecule has 2 bridgehead atoms. The highest BCUT2D eigenvalue weighted by Crippen LogP contribution is 2.38. The van der Waals surface area contributed by atoms with Crippen LogP contribution in [0.5, 0.6) is 0 Å². The molecule has 7 heteroatoms. The highest BCUT2D eigenvalue weighted by molar-refractivity contribution is 5.87. The number of rotatable bonds is 5. The van der Waals surface area contributed by atoms with E-state index in [-0.39, 0.29) is 36.0 Å². The maximum Gasteiger partial charge on any atom is 0.241 e. The summed E-state index contributed by atoms with van der Waals surface area (Å²) in [6, 6.07) is 9.43. The largest absolute Gasteiger partial charge is 0.330 e. The monoisotopic (exact) mass is 395 g/mol. The van der Waals surface area contributed by atoms with E-state index < -0.39 is 6.04 Å². The lowest BCUT2D eigenvalue weighted by Crippen LogP contribution is -2.56. The van der Waals surface area contributed by atoms with Gasteiger partial charge in [0, 0.05) is 25.7 Å². The zero-order valence-corrected chi connectivity index (χ0v) is 17.1. The van der Waals surface area contributed by atoms with Crippen LogP contribution in [-0.4, -0.2) is 70.3 Å².